The van der Waals surface area contributed by atoms with Gasteiger partial charge < -0.3 is 10.1 Å². The molecule has 0 aliphatic rings. The average Bonchev–Trinajstić information content (AvgIpc) is 2.75. The van der Waals surface area contributed by atoms with Gasteiger partial charge in [-0.05, 0) is 26.3 Å². The summed E-state index contributed by atoms with van der Waals surface area (Å²) in [6.45, 7) is 5.45. The smallest absolute Gasteiger partial charge is 0.425 e. The summed E-state index contributed by atoms with van der Waals surface area (Å²) >= 11 is 1.40. The lowest BCUT2D eigenvalue weighted by Gasteiger charge is -2.17. The molecule has 116 valence electrons. The number of aromatic nitrogens is 2. The van der Waals surface area contributed by atoms with Gasteiger partial charge in [-0.1, -0.05) is 6.92 Å². The Kier molecular flexibility index (Phi) is 4.55. The second-order valence-electron chi connectivity index (χ2n) is 4.66. The van der Waals surface area contributed by atoms with E-state index in [9.17, 15) is 13.2 Å². The zero-order valence-electron chi connectivity index (χ0n) is 11.9. The molecule has 0 aliphatic heterocycles. The number of ether oxygens (including phenoxy) is 1. The number of anilines is 1. The van der Waals surface area contributed by atoms with E-state index in [4.69, 9.17) is 4.74 Å². The molecule has 2 rings (SSSR count). The molecule has 0 bridgehead atoms. The number of halogens is 3. The first-order valence-electron chi connectivity index (χ1n) is 6.56. The van der Waals surface area contributed by atoms with Crippen molar-refractivity contribution in [2.45, 2.75) is 39.5 Å². The highest BCUT2D eigenvalue weighted by atomic mass is 32.1. The van der Waals surface area contributed by atoms with E-state index in [0.29, 0.717) is 16.8 Å². The zero-order valence-corrected chi connectivity index (χ0v) is 12.7. The SMILES string of the molecule is CCCNc1nc(OC(C)C(F)(F)F)c2cc(C)sc2n1. The molecule has 4 nitrogen and oxygen atoms in total. The first-order valence-corrected chi connectivity index (χ1v) is 7.38. The Morgan fingerprint density at radius 3 is 2.71 bits per heavy atom. The molecule has 1 atom stereocenters. The second kappa shape index (κ2) is 6.05. The van der Waals surface area contributed by atoms with Crippen LogP contribution in [-0.4, -0.2) is 28.8 Å². The first-order chi connectivity index (χ1) is 9.81. The zero-order chi connectivity index (χ0) is 15.6. The van der Waals surface area contributed by atoms with Crippen molar-refractivity contribution < 1.29 is 17.9 Å². The molecular formula is C13H16F3N3OS. The van der Waals surface area contributed by atoms with Crippen molar-refractivity contribution in [1.29, 1.82) is 0 Å². The third-order valence-electron chi connectivity index (χ3n) is 2.76. The van der Waals surface area contributed by atoms with Crippen molar-refractivity contribution in [2.24, 2.45) is 0 Å². The quantitative estimate of drug-likeness (QED) is 0.899. The molecule has 0 aliphatic carbocycles. The minimum atomic E-state index is -4.43. The lowest BCUT2D eigenvalue weighted by atomic mass is 10.3. The molecule has 1 unspecified atom stereocenters. The minimum absolute atomic E-state index is 0.0345. The summed E-state index contributed by atoms with van der Waals surface area (Å²) in [4.78, 5) is 9.92. The Bertz CT molecular complexity index is 627. The van der Waals surface area contributed by atoms with Crippen LogP contribution in [0.2, 0.25) is 0 Å². The summed E-state index contributed by atoms with van der Waals surface area (Å²) in [5.41, 5.74) is 0. The molecule has 0 saturated carbocycles. The van der Waals surface area contributed by atoms with Crippen molar-refractivity contribution in [3.05, 3.63) is 10.9 Å². The standard InChI is InChI=1S/C13H16F3N3OS/c1-4-5-17-12-18-10(20-8(3)13(14,15)16)9-6-7(2)21-11(9)19-12/h6,8H,4-5H2,1-3H3,(H,17,18,19). The van der Waals surface area contributed by atoms with Crippen molar-refractivity contribution >= 4 is 27.5 Å². The molecule has 2 aromatic heterocycles. The second-order valence-corrected chi connectivity index (χ2v) is 5.89. The minimum Gasteiger partial charge on any atom is -0.464 e. The molecule has 0 amide bonds. The predicted molar refractivity (Wildman–Crippen MR) is 77.1 cm³/mol. The first kappa shape index (κ1) is 15.8. The highest BCUT2D eigenvalue weighted by Gasteiger charge is 2.38. The topological polar surface area (TPSA) is 47.0 Å². The largest absolute Gasteiger partial charge is 0.464 e. The lowest BCUT2D eigenvalue weighted by Crippen LogP contribution is -2.31. The van der Waals surface area contributed by atoms with Crippen LogP contribution in [0.4, 0.5) is 19.1 Å². The lowest BCUT2D eigenvalue weighted by molar-refractivity contribution is -0.189. The van der Waals surface area contributed by atoms with Gasteiger partial charge in [-0.3, -0.25) is 0 Å². The fraction of sp³-hybridized carbons (Fsp3) is 0.538. The molecule has 0 aromatic carbocycles. The van der Waals surface area contributed by atoms with E-state index in [-0.39, 0.29) is 11.8 Å². The Balaban J connectivity index is 2.39. The Morgan fingerprint density at radius 1 is 1.38 bits per heavy atom. The van der Waals surface area contributed by atoms with Gasteiger partial charge in [0.05, 0.1) is 5.39 Å². The van der Waals surface area contributed by atoms with E-state index in [1.807, 2.05) is 13.8 Å². The molecule has 1 N–H and O–H groups in total. The van der Waals surface area contributed by atoms with Crippen LogP contribution in [0.1, 0.15) is 25.1 Å². The molecular weight excluding hydrogens is 303 g/mol. The molecule has 0 saturated heterocycles. The predicted octanol–water partition coefficient (Wildman–Crippen LogP) is 4.15. The number of rotatable bonds is 5. The maximum Gasteiger partial charge on any atom is 0.425 e. The molecule has 0 spiro atoms. The van der Waals surface area contributed by atoms with Gasteiger partial charge in [-0.15, -0.1) is 11.3 Å². The summed E-state index contributed by atoms with van der Waals surface area (Å²) in [5, 5.41) is 3.48. The van der Waals surface area contributed by atoms with E-state index in [1.165, 1.54) is 11.3 Å². The van der Waals surface area contributed by atoms with Crippen LogP contribution < -0.4 is 10.1 Å². The fourth-order valence-corrected chi connectivity index (χ4v) is 2.53. The highest BCUT2D eigenvalue weighted by molar-refractivity contribution is 7.18. The summed E-state index contributed by atoms with van der Waals surface area (Å²) < 4.78 is 43.0. The third-order valence-corrected chi connectivity index (χ3v) is 3.71. The van der Waals surface area contributed by atoms with Crippen LogP contribution in [0.15, 0.2) is 6.07 Å². The van der Waals surface area contributed by atoms with E-state index >= 15 is 0 Å². The van der Waals surface area contributed by atoms with Gasteiger partial charge >= 0.3 is 6.18 Å². The Labute approximate surface area is 124 Å². The molecule has 0 fully saturated rings. The monoisotopic (exact) mass is 319 g/mol. The highest BCUT2D eigenvalue weighted by Crippen LogP contribution is 2.33. The van der Waals surface area contributed by atoms with E-state index < -0.39 is 12.3 Å². The molecule has 21 heavy (non-hydrogen) atoms. The van der Waals surface area contributed by atoms with Crippen molar-refractivity contribution in [1.82, 2.24) is 9.97 Å². The van der Waals surface area contributed by atoms with Crippen LogP contribution in [0, 0.1) is 6.92 Å². The number of alkyl halides is 3. The van der Waals surface area contributed by atoms with Crippen molar-refractivity contribution in [3.63, 3.8) is 0 Å². The number of hydrogen-bond donors (Lipinski definition) is 1. The number of nitrogens with zero attached hydrogens (tertiary/aromatic N) is 2. The number of nitrogens with one attached hydrogen (secondary N) is 1. The van der Waals surface area contributed by atoms with Crippen LogP contribution in [0.25, 0.3) is 10.2 Å². The summed E-state index contributed by atoms with van der Waals surface area (Å²) in [6.07, 6.45) is -5.49. The van der Waals surface area contributed by atoms with Gasteiger partial charge in [0.15, 0.2) is 6.10 Å². The van der Waals surface area contributed by atoms with E-state index in [1.54, 1.807) is 6.07 Å². The van der Waals surface area contributed by atoms with Gasteiger partial charge in [0, 0.05) is 11.4 Å². The summed E-state index contributed by atoms with van der Waals surface area (Å²) in [5.74, 6) is 0.253. The van der Waals surface area contributed by atoms with Crippen LogP contribution in [0.5, 0.6) is 5.88 Å². The Morgan fingerprint density at radius 2 is 2.10 bits per heavy atom. The van der Waals surface area contributed by atoms with Gasteiger partial charge in [-0.2, -0.15) is 18.2 Å². The number of hydrogen-bond acceptors (Lipinski definition) is 5. The maximum absolute atomic E-state index is 12.7. The third kappa shape index (κ3) is 3.75. The molecule has 8 heteroatoms. The van der Waals surface area contributed by atoms with Gasteiger partial charge in [0.1, 0.15) is 4.83 Å². The average molecular weight is 319 g/mol. The molecule has 2 aromatic rings. The van der Waals surface area contributed by atoms with Crippen LogP contribution >= 0.6 is 11.3 Å². The van der Waals surface area contributed by atoms with Crippen molar-refractivity contribution in [2.75, 3.05) is 11.9 Å². The molecule has 2 heterocycles. The summed E-state index contributed by atoms with van der Waals surface area (Å²) in [6, 6.07) is 1.74. The van der Waals surface area contributed by atoms with Crippen molar-refractivity contribution in [3.8, 4) is 5.88 Å². The number of thiophene rings is 1. The molecule has 0 radical (unpaired) electrons. The van der Waals surface area contributed by atoms with Gasteiger partial charge in [0.25, 0.3) is 0 Å². The van der Waals surface area contributed by atoms with E-state index in [0.717, 1.165) is 18.2 Å². The van der Waals surface area contributed by atoms with Gasteiger partial charge in [0.2, 0.25) is 11.8 Å². The Hall–Kier alpha value is -1.57. The van der Waals surface area contributed by atoms with Gasteiger partial charge in [-0.25, -0.2) is 4.98 Å². The number of aryl methyl sites for hydroxylation is 1. The maximum atomic E-state index is 12.7. The van der Waals surface area contributed by atoms with Crippen LogP contribution in [0.3, 0.4) is 0 Å². The number of fused-ring (bicyclic) bond motifs is 1. The summed E-state index contributed by atoms with van der Waals surface area (Å²) in [7, 11) is 0. The normalized spacial score (nSPS) is 13.4. The fourth-order valence-electron chi connectivity index (χ4n) is 1.66. The van der Waals surface area contributed by atoms with E-state index in [2.05, 4.69) is 15.3 Å². The van der Waals surface area contributed by atoms with Crippen LogP contribution in [-0.2, 0) is 0 Å².